The minimum Gasteiger partial charge on any atom is -0.495 e. The molecule has 1 aliphatic heterocycles. The van der Waals surface area contributed by atoms with Crippen molar-refractivity contribution in [2.24, 2.45) is 0 Å². The molecule has 0 unspecified atom stereocenters. The quantitative estimate of drug-likeness (QED) is 0.326. The Labute approximate surface area is 226 Å². The van der Waals surface area contributed by atoms with E-state index in [0.29, 0.717) is 16.5 Å². The second kappa shape index (κ2) is 11.0. The molecule has 10 heteroatoms. The number of methoxy groups -OCH3 is 2. The highest BCUT2D eigenvalue weighted by Crippen LogP contribution is 2.44. The van der Waals surface area contributed by atoms with Gasteiger partial charge in [-0.25, -0.2) is 0 Å². The number of carbonyl (C=O) groups is 1. The highest BCUT2D eigenvalue weighted by Gasteiger charge is 2.42. The summed E-state index contributed by atoms with van der Waals surface area (Å²) in [7, 11) is 3.04. The molecule has 0 saturated carbocycles. The van der Waals surface area contributed by atoms with Gasteiger partial charge in [0.15, 0.2) is 5.11 Å². The summed E-state index contributed by atoms with van der Waals surface area (Å²) in [5, 5.41) is 6.91. The first-order valence-corrected chi connectivity index (χ1v) is 12.5. The van der Waals surface area contributed by atoms with Gasteiger partial charge in [0.05, 0.1) is 36.4 Å². The number of rotatable bonds is 8. The largest absolute Gasteiger partial charge is 0.495 e. The molecular weight excluding hydrogens is 500 g/mol. The van der Waals surface area contributed by atoms with Gasteiger partial charge in [-0.1, -0.05) is 6.07 Å². The Hall–Kier alpha value is -4.28. The number of amides is 1. The van der Waals surface area contributed by atoms with Crippen molar-refractivity contribution < 1.29 is 14.3 Å². The zero-order valence-electron chi connectivity index (χ0n) is 21.3. The molecule has 4 aromatic rings. The fourth-order valence-electron chi connectivity index (χ4n) is 4.82. The third-order valence-electron chi connectivity index (χ3n) is 6.42. The van der Waals surface area contributed by atoms with Gasteiger partial charge in [-0.2, -0.15) is 0 Å². The second-order valence-electron chi connectivity index (χ2n) is 8.81. The first-order valence-electron chi connectivity index (χ1n) is 12.1. The number of nitrogens with zero attached hydrogens (tertiary/aromatic N) is 4. The van der Waals surface area contributed by atoms with E-state index in [2.05, 4.69) is 49.1 Å². The predicted octanol–water partition coefficient (Wildman–Crippen LogP) is 4.35. The molecule has 4 heterocycles. The van der Waals surface area contributed by atoms with Crippen LogP contribution in [0.15, 0.2) is 79.3 Å². The second-order valence-corrected chi connectivity index (χ2v) is 9.20. The minimum atomic E-state index is -0.283. The normalized spacial score (nSPS) is 16.8. The monoisotopic (exact) mass is 528 g/mol. The van der Waals surface area contributed by atoms with Gasteiger partial charge in [0.25, 0.3) is 0 Å². The Kier molecular flexibility index (Phi) is 7.34. The van der Waals surface area contributed by atoms with E-state index in [-0.39, 0.29) is 24.6 Å². The van der Waals surface area contributed by atoms with Crippen LogP contribution in [-0.4, -0.2) is 46.4 Å². The van der Waals surface area contributed by atoms with Crippen LogP contribution in [-0.2, 0) is 9.53 Å². The Balaban J connectivity index is 1.65. The van der Waals surface area contributed by atoms with Crippen LogP contribution in [0.2, 0.25) is 0 Å². The van der Waals surface area contributed by atoms with E-state index in [9.17, 15) is 4.79 Å². The summed E-state index contributed by atoms with van der Waals surface area (Å²) in [6.45, 7) is 1.99. The summed E-state index contributed by atoms with van der Waals surface area (Å²) in [5.74, 6) is 0.248. The highest BCUT2D eigenvalue weighted by atomic mass is 32.1. The zero-order valence-corrected chi connectivity index (χ0v) is 22.1. The van der Waals surface area contributed by atoms with E-state index < -0.39 is 0 Å². The molecule has 0 spiro atoms. The lowest BCUT2D eigenvalue weighted by atomic mass is 10.0. The van der Waals surface area contributed by atoms with E-state index in [1.807, 2.05) is 54.7 Å². The van der Waals surface area contributed by atoms with Crippen LogP contribution in [0.4, 0.5) is 11.4 Å². The van der Waals surface area contributed by atoms with Crippen LogP contribution in [0.25, 0.3) is 5.69 Å². The minimum absolute atomic E-state index is 0.0701. The number of nitrogens with one attached hydrogen (secondary N) is 2. The number of thiocarbonyl (C=S) groups is 1. The van der Waals surface area contributed by atoms with Gasteiger partial charge >= 0.3 is 0 Å². The third-order valence-corrected chi connectivity index (χ3v) is 6.74. The van der Waals surface area contributed by atoms with Gasteiger partial charge < -0.3 is 29.6 Å². The number of pyridine rings is 2. The molecular formula is C28H28N6O3S. The fraction of sp³-hybridized carbons (Fsp3) is 0.214. The van der Waals surface area contributed by atoms with E-state index in [4.69, 9.17) is 21.7 Å². The smallest absolute Gasteiger partial charge is 0.250 e. The van der Waals surface area contributed by atoms with Crippen LogP contribution in [0.3, 0.4) is 0 Å². The summed E-state index contributed by atoms with van der Waals surface area (Å²) < 4.78 is 12.7. The number of carbonyl (C=O) groups excluding carboxylic acids is 1. The maximum atomic E-state index is 12.3. The van der Waals surface area contributed by atoms with Crippen molar-refractivity contribution in [1.29, 1.82) is 0 Å². The van der Waals surface area contributed by atoms with Crippen LogP contribution in [0.1, 0.15) is 29.2 Å². The first kappa shape index (κ1) is 25.4. The van der Waals surface area contributed by atoms with E-state index >= 15 is 0 Å². The van der Waals surface area contributed by atoms with Crippen LogP contribution < -0.4 is 20.3 Å². The summed E-state index contributed by atoms with van der Waals surface area (Å²) in [4.78, 5) is 23.4. The Morgan fingerprint density at radius 2 is 1.95 bits per heavy atom. The van der Waals surface area contributed by atoms with Crippen molar-refractivity contribution >= 4 is 34.6 Å². The summed E-state index contributed by atoms with van der Waals surface area (Å²) >= 11 is 5.90. The predicted molar refractivity (Wildman–Crippen MR) is 150 cm³/mol. The molecule has 3 aromatic heterocycles. The van der Waals surface area contributed by atoms with Crippen molar-refractivity contribution in [2.75, 3.05) is 31.0 Å². The molecule has 1 fully saturated rings. The van der Waals surface area contributed by atoms with Gasteiger partial charge in [0.1, 0.15) is 18.4 Å². The third kappa shape index (κ3) is 4.83. The molecule has 5 rings (SSSR count). The number of hydrogen-bond acceptors (Lipinski definition) is 6. The fourth-order valence-corrected chi connectivity index (χ4v) is 5.17. The standard InChI is InChI=1S/C28H28N6O3S/c1-18-9-11-23(33(18)20-7-6-13-29-16-20)27-26(21-8-4-5-14-30-21)32-28(38)34(27)19-10-12-24(37-3)22(15-19)31-25(35)17-36-2/h4-16,26-27H,17H2,1-3H3,(H,31,35)(H,32,38)/t26-,27+/m1/s1. The molecule has 1 amide bonds. The molecule has 38 heavy (non-hydrogen) atoms. The lowest BCUT2D eigenvalue weighted by Crippen LogP contribution is -2.30. The zero-order chi connectivity index (χ0) is 26.6. The van der Waals surface area contributed by atoms with Crippen molar-refractivity contribution in [1.82, 2.24) is 19.9 Å². The van der Waals surface area contributed by atoms with Crippen LogP contribution in [0, 0.1) is 6.92 Å². The molecule has 0 bridgehead atoms. The lowest BCUT2D eigenvalue weighted by molar-refractivity contribution is -0.119. The number of aromatic nitrogens is 3. The SMILES string of the molecule is COCC(=O)Nc1cc(N2C(=S)N[C@H](c3ccccn3)[C@@H]2c2ccc(C)n2-c2cccnc2)ccc1OC. The van der Waals surface area contributed by atoms with Gasteiger partial charge in [-0.15, -0.1) is 0 Å². The summed E-state index contributed by atoms with van der Waals surface area (Å²) in [6.07, 6.45) is 5.38. The first-order chi connectivity index (χ1) is 18.5. The Morgan fingerprint density at radius 1 is 1.08 bits per heavy atom. The van der Waals surface area contributed by atoms with Crippen molar-refractivity contribution in [3.63, 3.8) is 0 Å². The van der Waals surface area contributed by atoms with Gasteiger partial charge in [-0.05, 0) is 73.7 Å². The number of ether oxygens (including phenoxy) is 2. The van der Waals surface area contributed by atoms with Crippen molar-refractivity contribution in [2.45, 2.75) is 19.0 Å². The van der Waals surface area contributed by atoms with E-state index in [0.717, 1.165) is 28.5 Å². The Morgan fingerprint density at radius 3 is 2.66 bits per heavy atom. The molecule has 2 atom stereocenters. The number of anilines is 2. The number of aryl methyl sites for hydroxylation is 1. The highest BCUT2D eigenvalue weighted by molar-refractivity contribution is 7.80. The van der Waals surface area contributed by atoms with E-state index in [1.165, 1.54) is 7.11 Å². The average Bonchev–Trinajstić information content (AvgIpc) is 3.48. The topological polar surface area (TPSA) is 93.5 Å². The number of benzene rings is 1. The molecule has 1 aromatic carbocycles. The van der Waals surface area contributed by atoms with Crippen LogP contribution >= 0.6 is 12.2 Å². The lowest BCUT2D eigenvalue weighted by Gasteiger charge is -2.30. The molecule has 194 valence electrons. The van der Waals surface area contributed by atoms with Gasteiger partial charge in [-0.3, -0.25) is 14.8 Å². The van der Waals surface area contributed by atoms with Crippen LogP contribution in [0.5, 0.6) is 5.75 Å². The molecule has 1 aliphatic rings. The summed E-state index contributed by atoms with van der Waals surface area (Å²) in [5.41, 5.74) is 5.20. The number of hydrogen-bond donors (Lipinski definition) is 2. The molecule has 0 radical (unpaired) electrons. The maximum absolute atomic E-state index is 12.3. The summed E-state index contributed by atoms with van der Waals surface area (Å²) in [6, 6.07) is 19.1. The van der Waals surface area contributed by atoms with Crippen molar-refractivity contribution in [3.8, 4) is 11.4 Å². The van der Waals surface area contributed by atoms with E-state index in [1.54, 1.807) is 19.5 Å². The van der Waals surface area contributed by atoms with Gasteiger partial charge in [0, 0.05) is 36.6 Å². The molecule has 1 saturated heterocycles. The molecule has 9 nitrogen and oxygen atoms in total. The Bertz CT molecular complexity index is 1440. The van der Waals surface area contributed by atoms with Gasteiger partial charge in [0.2, 0.25) is 5.91 Å². The maximum Gasteiger partial charge on any atom is 0.250 e. The molecule has 0 aliphatic carbocycles. The van der Waals surface area contributed by atoms with Crippen molar-refractivity contribution in [3.05, 3.63) is 96.3 Å². The average molecular weight is 529 g/mol. The molecule has 2 N–H and O–H groups in total.